The summed E-state index contributed by atoms with van der Waals surface area (Å²) in [5.74, 6) is -0.630. The van der Waals surface area contributed by atoms with Gasteiger partial charge in [-0.25, -0.2) is 17.9 Å². The molecule has 5 nitrogen and oxygen atoms in total. The van der Waals surface area contributed by atoms with E-state index in [4.69, 9.17) is 0 Å². The summed E-state index contributed by atoms with van der Waals surface area (Å²) in [4.78, 5) is 11.5. The van der Waals surface area contributed by atoms with E-state index >= 15 is 0 Å². The molecule has 7 heteroatoms. The number of carbonyl (C=O) groups excluding carboxylic acids is 1. The highest BCUT2D eigenvalue weighted by molar-refractivity contribution is 7.89. The van der Waals surface area contributed by atoms with E-state index in [2.05, 4.69) is 9.46 Å². The molecule has 16 heavy (non-hydrogen) atoms. The lowest BCUT2D eigenvalue weighted by molar-refractivity contribution is 0.0602. The van der Waals surface area contributed by atoms with Crippen LogP contribution in [0.4, 0.5) is 0 Å². The van der Waals surface area contributed by atoms with E-state index in [1.165, 1.54) is 7.11 Å². The van der Waals surface area contributed by atoms with Crippen LogP contribution in [0.2, 0.25) is 0 Å². The number of ether oxygens (including phenoxy) is 1. The molecule has 90 valence electrons. The van der Waals surface area contributed by atoms with Gasteiger partial charge in [-0.05, 0) is 17.9 Å². The number of rotatable bonds is 4. The highest BCUT2D eigenvalue weighted by Gasteiger charge is 2.26. The van der Waals surface area contributed by atoms with Gasteiger partial charge in [0.25, 0.3) is 0 Å². The third-order valence-electron chi connectivity index (χ3n) is 1.89. The van der Waals surface area contributed by atoms with Crippen LogP contribution in [0.3, 0.4) is 0 Å². The van der Waals surface area contributed by atoms with Crippen LogP contribution in [0.5, 0.6) is 0 Å². The van der Waals surface area contributed by atoms with E-state index in [0.717, 1.165) is 11.3 Å². The van der Waals surface area contributed by atoms with Gasteiger partial charge in [0.2, 0.25) is 10.0 Å². The second-order valence-corrected chi connectivity index (χ2v) is 5.65. The van der Waals surface area contributed by atoms with Gasteiger partial charge in [0.15, 0.2) is 0 Å². The van der Waals surface area contributed by atoms with Gasteiger partial charge in [-0.3, -0.25) is 0 Å². The van der Waals surface area contributed by atoms with Crippen molar-refractivity contribution in [2.75, 3.05) is 13.7 Å². The zero-order valence-electron chi connectivity index (χ0n) is 9.23. The van der Waals surface area contributed by atoms with Gasteiger partial charge < -0.3 is 4.74 Å². The number of methoxy groups -OCH3 is 1. The maximum absolute atomic E-state index is 11.8. The fourth-order valence-electron chi connectivity index (χ4n) is 1.26. The summed E-state index contributed by atoms with van der Waals surface area (Å²) in [6.07, 6.45) is 0. The van der Waals surface area contributed by atoms with Crippen LogP contribution in [0.25, 0.3) is 0 Å². The largest absolute Gasteiger partial charge is 0.465 e. The fourth-order valence-corrected chi connectivity index (χ4v) is 4.01. The number of esters is 1. The van der Waals surface area contributed by atoms with Crippen molar-refractivity contribution < 1.29 is 17.9 Å². The highest BCUT2D eigenvalue weighted by Crippen LogP contribution is 2.27. The Morgan fingerprint density at radius 1 is 1.56 bits per heavy atom. The molecule has 0 aliphatic carbocycles. The molecule has 0 radical (unpaired) electrons. The van der Waals surface area contributed by atoms with Crippen LogP contribution >= 0.6 is 11.3 Å². The Labute approximate surface area is 98.5 Å². The molecule has 1 aromatic rings. The molecule has 0 saturated carbocycles. The Balaban J connectivity index is 3.32. The Kier molecular flexibility index (Phi) is 4.06. The van der Waals surface area contributed by atoms with Crippen molar-refractivity contribution in [2.45, 2.75) is 18.7 Å². The minimum Gasteiger partial charge on any atom is -0.465 e. The Morgan fingerprint density at radius 3 is 2.69 bits per heavy atom. The summed E-state index contributed by atoms with van der Waals surface area (Å²) in [6, 6.07) is 0. The maximum atomic E-state index is 11.8. The van der Waals surface area contributed by atoms with Crippen LogP contribution in [-0.2, 0) is 14.8 Å². The Hall–Kier alpha value is -0.920. The van der Waals surface area contributed by atoms with Crippen LogP contribution in [-0.4, -0.2) is 28.0 Å². The van der Waals surface area contributed by atoms with Crippen molar-refractivity contribution in [3.05, 3.63) is 15.8 Å². The zero-order valence-corrected chi connectivity index (χ0v) is 10.9. The molecule has 1 heterocycles. The first-order valence-electron chi connectivity index (χ1n) is 4.60. The molecule has 1 N–H and O–H groups in total. The van der Waals surface area contributed by atoms with Crippen molar-refractivity contribution in [3.8, 4) is 0 Å². The maximum Gasteiger partial charge on any atom is 0.349 e. The number of nitrogens with one attached hydrogen (secondary N) is 1. The van der Waals surface area contributed by atoms with Crippen LogP contribution < -0.4 is 4.72 Å². The number of hydrogen-bond acceptors (Lipinski definition) is 5. The van der Waals surface area contributed by atoms with Gasteiger partial charge in [-0.15, -0.1) is 11.3 Å². The smallest absolute Gasteiger partial charge is 0.349 e. The number of aryl methyl sites for hydroxylation is 1. The molecule has 0 spiro atoms. The normalized spacial score (nSPS) is 11.4. The Morgan fingerprint density at radius 2 is 2.19 bits per heavy atom. The van der Waals surface area contributed by atoms with Gasteiger partial charge in [0, 0.05) is 6.54 Å². The first-order chi connectivity index (χ1) is 7.44. The number of hydrogen-bond donors (Lipinski definition) is 1. The molecule has 1 rings (SSSR count). The standard InChI is InChI=1S/C9H13NO4S2/c1-4-10-16(12,13)8-6(2)5-15-7(8)9(11)14-3/h5,10H,4H2,1-3H3. The van der Waals surface area contributed by atoms with Crippen molar-refractivity contribution in [2.24, 2.45) is 0 Å². The summed E-state index contributed by atoms with van der Waals surface area (Å²) in [5.41, 5.74) is 0.548. The van der Waals surface area contributed by atoms with E-state index in [1.54, 1.807) is 19.2 Å². The predicted molar refractivity (Wildman–Crippen MR) is 61.3 cm³/mol. The molecule has 0 amide bonds. The molecule has 0 fully saturated rings. The monoisotopic (exact) mass is 263 g/mol. The van der Waals surface area contributed by atoms with Crippen LogP contribution in [0, 0.1) is 6.92 Å². The van der Waals surface area contributed by atoms with E-state index in [9.17, 15) is 13.2 Å². The molecular weight excluding hydrogens is 250 g/mol. The van der Waals surface area contributed by atoms with Crippen molar-refractivity contribution in [1.29, 1.82) is 0 Å². The number of sulfonamides is 1. The molecule has 0 bridgehead atoms. The Bertz CT molecular complexity index is 490. The highest BCUT2D eigenvalue weighted by atomic mass is 32.2. The molecule has 0 aliphatic rings. The van der Waals surface area contributed by atoms with E-state index < -0.39 is 16.0 Å². The zero-order chi connectivity index (χ0) is 12.3. The minimum absolute atomic E-state index is 0.0196. The summed E-state index contributed by atoms with van der Waals surface area (Å²) < 4.78 is 30.6. The van der Waals surface area contributed by atoms with Gasteiger partial charge in [0.1, 0.15) is 9.77 Å². The first kappa shape index (κ1) is 13.1. The summed E-state index contributed by atoms with van der Waals surface area (Å²) in [7, 11) is -2.40. The first-order valence-corrected chi connectivity index (χ1v) is 6.96. The molecule has 1 aromatic heterocycles. The second-order valence-electron chi connectivity index (χ2n) is 3.07. The third kappa shape index (κ3) is 2.42. The number of carbonyl (C=O) groups is 1. The molecule has 0 aromatic carbocycles. The van der Waals surface area contributed by atoms with Crippen molar-refractivity contribution >= 4 is 27.3 Å². The fraction of sp³-hybridized carbons (Fsp3) is 0.444. The average Bonchev–Trinajstić information content (AvgIpc) is 2.59. The second kappa shape index (κ2) is 4.94. The number of thiophene rings is 1. The quantitative estimate of drug-likeness (QED) is 0.827. The molecule has 0 aliphatic heterocycles. The molecular formula is C9H13NO4S2. The summed E-state index contributed by atoms with van der Waals surface area (Å²) in [5, 5.41) is 1.62. The van der Waals surface area contributed by atoms with E-state index in [1.807, 2.05) is 0 Å². The van der Waals surface area contributed by atoms with E-state index in [-0.39, 0.29) is 16.3 Å². The molecule has 0 saturated heterocycles. The molecule has 0 unspecified atom stereocenters. The molecule has 0 atom stereocenters. The third-order valence-corrected chi connectivity index (χ3v) is 4.83. The van der Waals surface area contributed by atoms with Crippen LogP contribution in [0.1, 0.15) is 22.2 Å². The summed E-state index contributed by atoms with van der Waals surface area (Å²) in [6.45, 7) is 3.60. The lowest BCUT2D eigenvalue weighted by Crippen LogP contribution is -2.25. The van der Waals surface area contributed by atoms with Crippen molar-refractivity contribution in [3.63, 3.8) is 0 Å². The average molecular weight is 263 g/mol. The SMILES string of the molecule is CCNS(=O)(=O)c1c(C)csc1C(=O)OC. The van der Waals surface area contributed by atoms with Gasteiger partial charge in [0.05, 0.1) is 7.11 Å². The lowest BCUT2D eigenvalue weighted by atomic mass is 10.3. The van der Waals surface area contributed by atoms with Gasteiger partial charge in [-0.1, -0.05) is 6.92 Å². The predicted octanol–water partition coefficient (Wildman–Crippen LogP) is 1.14. The summed E-state index contributed by atoms with van der Waals surface area (Å²) >= 11 is 1.07. The lowest BCUT2D eigenvalue weighted by Gasteiger charge is -2.06. The minimum atomic E-state index is -3.62. The van der Waals surface area contributed by atoms with Crippen molar-refractivity contribution in [1.82, 2.24) is 4.72 Å². The van der Waals surface area contributed by atoms with Gasteiger partial charge in [-0.2, -0.15) is 0 Å². The van der Waals surface area contributed by atoms with Crippen LogP contribution in [0.15, 0.2) is 10.3 Å². The van der Waals surface area contributed by atoms with E-state index in [0.29, 0.717) is 5.56 Å². The van der Waals surface area contributed by atoms with Gasteiger partial charge >= 0.3 is 5.97 Å². The topological polar surface area (TPSA) is 72.5 Å².